The van der Waals surface area contributed by atoms with E-state index in [1.165, 1.54) is 86.3 Å². The molecule has 0 spiro atoms. The molecule has 15 unspecified atom stereocenters. The Morgan fingerprint density at radius 1 is 0.443 bits per heavy atom. The summed E-state index contributed by atoms with van der Waals surface area (Å²) in [6.45, 7) is 8.25. The number of aliphatic hydroxyl groups is 4. The van der Waals surface area contributed by atoms with Crippen molar-refractivity contribution in [2.24, 2.45) is 0 Å². The van der Waals surface area contributed by atoms with Crippen LogP contribution in [0.1, 0.15) is 79.0 Å². The van der Waals surface area contributed by atoms with Crippen molar-refractivity contribution < 1.29 is 90.5 Å². The first-order valence-electron chi connectivity index (χ1n) is 30.3. The summed E-state index contributed by atoms with van der Waals surface area (Å²) in [6, 6.07) is 28.1. The lowest BCUT2D eigenvalue weighted by Crippen LogP contribution is -2.62. The Balaban J connectivity index is 0.843. The van der Waals surface area contributed by atoms with Gasteiger partial charge in [0.1, 0.15) is 70.9 Å². The third-order valence-corrected chi connectivity index (χ3v) is 22.3. The molecular weight excluding hydrogens is 1330 g/mol. The highest BCUT2D eigenvalue weighted by atomic mass is 31.2. The third kappa shape index (κ3) is 12.0. The second-order valence-corrected chi connectivity index (χ2v) is 29.2. The Morgan fingerprint density at radius 2 is 0.742 bits per heavy atom. The van der Waals surface area contributed by atoms with E-state index in [9.17, 15) is 53.7 Å². The van der Waals surface area contributed by atoms with Gasteiger partial charge in [0.15, 0.2) is 68.1 Å². The van der Waals surface area contributed by atoms with E-state index >= 15 is 0 Å². The average molecular weight is 1400 g/mol. The molecule has 3 aromatic carbocycles. The number of benzene rings is 3. The van der Waals surface area contributed by atoms with Gasteiger partial charge in [-0.25, -0.2) is 44.9 Å². The number of fused-ring (bicyclic) bond motifs is 3. The maximum Gasteiger partial charge on any atom is 0.268 e. The molecule has 0 bridgehead atoms. The summed E-state index contributed by atoms with van der Waals surface area (Å²) in [5, 5.41) is 60.3. The van der Waals surface area contributed by atoms with Gasteiger partial charge in [-0.1, -0.05) is 91.0 Å². The van der Waals surface area contributed by atoms with Crippen LogP contribution in [0.4, 0.5) is 17.5 Å². The minimum atomic E-state index is -6.07. The number of imidazole rings is 3. The molecule has 34 nitrogen and oxygen atoms in total. The van der Waals surface area contributed by atoms with Gasteiger partial charge in [0.25, 0.3) is 23.5 Å². The molecule has 9 heterocycles. The molecule has 9 aromatic rings. The Morgan fingerprint density at radius 3 is 1.07 bits per heavy atom. The van der Waals surface area contributed by atoms with Crippen LogP contribution in [0.15, 0.2) is 129 Å². The normalized spacial score (nSPS) is 32.3. The van der Waals surface area contributed by atoms with E-state index in [2.05, 4.69) is 60.8 Å². The number of phosphoric acid groups is 3. The Labute approximate surface area is 553 Å². The van der Waals surface area contributed by atoms with Crippen LogP contribution in [0.3, 0.4) is 0 Å². The Bertz CT molecular complexity index is 4530. The minimum Gasteiger partial charge on any atom is -0.756 e. The van der Waals surface area contributed by atoms with Gasteiger partial charge in [-0.15, -0.1) is 0 Å². The van der Waals surface area contributed by atoms with Gasteiger partial charge in [0, 0.05) is 19.6 Å². The van der Waals surface area contributed by atoms with Crippen molar-refractivity contribution in [1.29, 1.82) is 0 Å². The highest BCUT2D eigenvalue weighted by Crippen LogP contribution is 2.62. The summed E-state index contributed by atoms with van der Waals surface area (Å²) in [7, 11) is -17.6. The lowest BCUT2D eigenvalue weighted by atomic mass is 9.78. The van der Waals surface area contributed by atoms with Crippen molar-refractivity contribution in [3.8, 4) is 0 Å². The topological polar surface area (TPSA) is 462 Å². The zero-order valence-electron chi connectivity index (χ0n) is 53.8. The van der Waals surface area contributed by atoms with Gasteiger partial charge in [0.05, 0.1) is 38.8 Å². The minimum absolute atomic E-state index is 0.0131. The van der Waals surface area contributed by atoms with E-state index in [0.29, 0.717) is 18.9 Å². The highest BCUT2D eigenvalue weighted by molar-refractivity contribution is 7.46. The maximum absolute atomic E-state index is 14.8. The van der Waals surface area contributed by atoms with Crippen molar-refractivity contribution in [2.45, 2.75) is 151 Å². The first kappa shape index (κ1) is 69.7. The van der Waals surface area contributed by atoms with Crippen LogP contribution >= 0.6 is 23.5 Å². The highest BCUT2D eigenvalue weighted by Gasteiger charge is 2.73. The van der Waals surface area contributed by atoms with Crippen LogP contribution in [0, 0.1) is 0 Å². The third-order valence-electron chi connectivity index (χ3n) is 19.6. The molecule has 0 saturated carbocycles. The van der Waals surface area contributed by atoms with E-state index in [-0.39, 0.29) is 51.7 Å². The lowest BCUT2D eigenvalue weighted by Gasteiger charge is -2.46. The molecule has 518 valence electrons. The number of aromatic nitrogens is 12. The Kier molecular flexibility index (Phi) is 17.9. The molecule has 3 saturated heterocycles. The second kappa shape index (κ2) is 24.9. The standard InChI is InChI=1S/C60H74N15O19P3/c1-52(76)40(90-58(7,55(52,4)77)73-34-70-43-46(64-31-67-49(43)73)61-25-37-19-13-10-14-20-37)28-88-96(83,84)94-54(3)42(92-60(9,57(54,6)79)75-36-72-45-48(66-33-69-51(45)75)63-27-39-23-17-12-18-24-39)30-89-97(85,86)93-53(2)41(29-87-95(80,81)82)91-59(8,56(53,5)78)74-35-71-44-47(65-32-68-50(44)74)62-26-38-21-15-11-16-22-38/h10-24,31-36,40-42,76-79H,25-30H2,1-9H3,(H,83,84)(H,85,86)(H,61,64,67)(H,62,65,68)(H,63,66,69)(H2,80,81,82)/p-3. The van der Waals surface area contributed by atoms with Gasteiger partial charge in [-0.05, 0) is 79.0 Å². The molecule has 37 heteroatoms. The predicted octanol–water partition coefficient (Wildman–Crippen LogP) is 3.56. The van der Waals surface area contributed by atoms with Crippen molar-refractivity contribution in [2.75, 3.05) is 35.8 Å². The largest absolute Gasteiger partial charge is 0.756 e. The number of phosphoric ester groups is 3. The van der Waals surface area contributed by atoms with Gasteiger partial charge in [-0.3, -0.25) is 27.4 Å². The molecule has 0 amide bonds. The molecule has 3 aliphatic heterocycles. The molecular formula is C60H71N15O19P3-3. The molecule has 12 rings (SSSR count). The van der Waals surface area contributed by atoms with Crippen LogP contribution in [0.5, 0.6) is 0 Å². The summed E-state index contributed by atoms with van der Waals surface area (Å²) in [6.07, 6.45) is 1.71. The summed E-state index contributed by atoms with van der Waals surface area (Å²) >= 11 is 0. The average Bonchev–Trinajstić information content (AvgIpc) is 1.57. The van der Waals surface area contributed by atoms with Crippen LogP contribution in [0.25, 0.3) is 33.5 Å². The van der Waals surface area contributed by atoms with Gasteiger partial charge in [0.2, 0.25) is 0 Å². The van der Waals surface area contributed by atoms with E-state index in [0.717, 1.165) is 44.4 Å². The van der Waals surface area contributed by atoms with Crippen molar-refractivity contribution >= 4 is 74.4 Å². The summed E-state index contributed by atoms with van der Waals surface area (Å²) in [5.74, 6) is 0.813. The molecule has 15 atom stereocenters. The molecule has 0 aliphatic carbocycles. The zero-order chi connectivity index (χ0) is 69.6. The molecule has 97 heavy (non-hydrogen) atoms. The van der Waals surface area contributed by atoms with E-state index in [4.69, 9.17) is 36.8 Å². The summed E-state index contributed by atoms with van der Waals surface area (Å²) in [4.78, 5) is 91.4. The quantitative estimate of drug-likeness (QED) is 0.0379. The molecule has 3 fully saturated rings. The van der Waals surface area contributed by atoms with Crippen molar-refractivity contribution in [3.63, 3.8) is 0 Å². The smallest absolute Gasteiger partial charge is 0.268 e. The fourth-order valence-corrected chi connectivity index (χ4v) is 15.4. The summed E-state index contributed by atoms with van der Waals surface area (Å²) in [5.41, 5.74) is -18.3. The van der Waals surface area contributed by atoms with Crippen molar-refractivity contribution in [1.82, 2.24) is 58.6 Å². The number of hydrogen-bond acceptors (Lipinski definition) is 30. The lowest BCUT2D eigenvalue weighted by molar-refractivity contribution is -0.259. The van der Waals surface area contributed by atoms with Crippen molar-refractivity contribution in [3.05, 3.63) is 146 Å². The maximum atomic E-state index is 14.8. The first-order valence-corrected chi connectivity index (χ1v) is 34.8. The Hall–Kier alpha value is -7.24. The molecule has 0 radical (unpaired) electrons. The molecule has 3 aliphatic rings. The van der Waals surface area contributed by atoms with E-state index in [1.54, 1.807) is 0 Å². The summed E-state index contributed by atoms with van der Waals surface area (Å²) < 4.78 is 92.6. The molecule has 6 aromatic heterocycles. The predicted molar refractivity (Wildman–Crippen MR) is 337 cm³/mol. The first-order chi connectivity index (χ1) is 45.5. The van der Waals surface area contributed by atoms with E-state index < -0.39 is 112 Å². The zero-order valence-corrected chi connectivity index (χ0v) is 56.4. The number of rotatable bonds is 25. The van der Waals surface area contributed by atoms with E-state index in [1.807, 2.05) is 91.0 Å². The fraction of sp³-hybridized carbons (Fsp3) is 0.450. The number of hydrogen-bond donors (Lipinski definition) is 8. The number of nitrogens with zero attached hydrogens (tertiary/aromatic N) is 12. The van der Waals surface area contributed by atoms with Gasteiger partial charge in [-0.2, -0.15) is 0 Å². The van der Waals surface area contributed by atoms with Gasteiger partial charge >= 0.3 is 0 Å². The van der Waals surface area contributed by atoms with Crippen LogP contribution in [-0.4, -0.2) is 156 Å². The number of anilines is 3. The number of ether oxygens (including phenoxy) is 3. The van der Waals surface area contributed by atoms with Crippen LogP contribution < -0.4 is 30.6 Å². The number of nitrogens with one attached hydrogen (secondary N) is 3. The van der Waals surface area contributed by atoms with Crippen LogP contribution in [0.2, 0.25) is 0 Å². The SMILES string of the molecule is CC1(O)C(COP(=O)([O-])OC2(C)C(COP(=O)([O-])OC3(C)C(COP(=O)([O-])O)OC(C)(n4cnc5c(NCc6ccccc6)ncnc54)C3(C)O)OC(C)(n3cnc4c(NCc5ccccc5)ncnc43)C2(C)O)OC(C)(n2cnc3c(NCc4ccccc4)ncnc32)C1(C)O. The second-order valence-electron chi connectivity index (χ2n) is 25.3. The monoisotopic (exact) mass is 1400 g/mol. The van der Waals surface area contributed by atoms with Gasteiger partial charge < -0.3 is 92.8 Å². The fourth-order valence-electron chi connectivity index (χ4n) is 12.8. The van der Waals surface area contributed by atoms with Crippen LogP contribution in [-0.2, 0) is 87.3 Å². The molecule has 8 N–H and O–H groups in total.